The predicted molar refractivity (Wildman–Crippen MR) is 132 cm³/mol. The number of rotatable bonds is 11. The van der Waals surface area contributed by atoms with Crippen LogP contribution < -0.4 is 9.62 Å². The van der Waals surface area contributed by atoms with Crippen molar-refractivity contribution in [2.45, 2.75) is 112 Å². The van der Waals surface area contributed by atoms with Gasteiger partial charge in [0.15, 0.2) is 0 Å². The van der Waals surface area contributed by atoms with Crippen molar-refractivity contribution in [1.29, 1.82) is 0 Å². The number of unbranched alkanes of at least 4 members (excludes halogenated alkanes) is 3. The summed E-state index contributed by atoms with van der Waals surface area (Å²) in [5, 5.41) is 0. The molecule has 1 aliphatic rings. The van der Waals surface area contributed by atoms with Gasteiger partial charge >= 0.3 is 99.9 Å². The van der Waals surface area contributed by atoms with Crippen LogP contribution in [0.4, 0.5) is 11.4 Å². The van der Waals surface area contributed by atoms with Gasteiger partial charge in [0.1, 0.15) is 0 Å². The summed E-state index contributed by atoms with van der Waals surface area (Å²) in [7, 11) is 2.22. The molecule has 2 rings (SSSR count). The Bertz CT molecular complexity index is 469. The van der Waals surface area contributed by atoms with Gasteiger partial charge in [0.25, 0.3) is 0 Å². The van der Waals surface area contributed by atoms with E-state index >= 15 is 0 Å². The van der Waals surface area contributed by atoms with E-state index in [9.17, 15) is 0 Å². The average Bonchev–Trinajstić information content (AvgIpc) is 3.08. The number of hydrogen-bond donors (Lipinski definition) is 0. The summed E-state index contributed by atoms with van der Waals surface area (Å²) in [4.78, 5) is 4.66. The van der Waals surface area contributed by atoms with Crippen LogP contribution >= 0.6 is 0 Å². The molecule has 4 heteroatoms. The summed E-state index contributed by atoms with van der Waals surface area (Å²) in [6, 6.07) is 9.60. The third-order valence-corrected chi connectivity index (χ3v) is 14.5. The standard InChI is InChI=1S/C12H18BN2.3C4H9.Sn/c1-9(2)14-11-7-5-6-8-12(11)15(13-14)10(3)4;3*1-3-4-2;/h5-10H,1-4H3;3*1,3-4H2,2H3;. The zero-order valence-electron chi connectivity index (χ0n) is 19.8. The van der Waals surface area contributed by atoms with E-state index in [2.05, 4.69) is 89.9 Å². The van der Waals surface area contributed by atoms with Crippen molar-refractivity contribution in [2.24, 2.45) is 0 Å². The first-order valence-electron chi connectivity index (χ1n) is 11.8. The third-order valence-electron chi connectivity index (χ3n) is 5.45. The molecule has 0 atom stereocenters. The molecule has 0 aliphatic carbocycles. The molecule has 1 heterocycles. The van der Waals surface area contributed by atoms with Crippen molar-refractivity contribution >= 4 is 38.7 Å². The fourth-order valence-corrected chi connectivity index (χ4v) is 13.1. The van der Waals surface area contributed by atoms with E-state index in [0.717, 1.165) is 0 Å². The number of anilines is 2. The second-order valence-electron chi connectivity index (χ2n) is 8.67. The molecule has 28 heavy (non-hydrogen) atoms. The molecule has 2 radical (unpaired) electrons. The SMILES string of the molecule is CC(C)N1[B]N(C(C)C)c2ccccc21.CCC[CH2][Sn]([CH2]CCC)[CH2]CCC. The number of hydrogen-bond acceptors (Lipinski definition) is 2. The van der Waals surface area contributed by atoms with Crippen LogP contribution in [-0.4, -0.2) is 39.4 Å². The van der Waals surface area contributed by atoms with Crippen LogP contribution in [0.3, 0.4) is 0 Å². The Balaban J connectivity index is 0.000000284. The molecule has 2 nitrogen and oxygen atoms in total. The summed E-state index contributed by atoms with van der Waals surface area (Å²) in [5.74, 6) is 0. The molecule has 0 unspecified atom stereocenters. The summed E-state index contributed by atoms with van der Waals surface area (Å²) in [6.45, 7) is 15.9. The maximum absolute atomic E-state index is 2.33. The van der Waals surface area contributed by atoms with Gasteiger partial charge in [0.2, 0.25) is 0 Å². The fourth-order valence-electron chi connectivity index (χ4n) is 3.64. The van der Waals surface area contributed by atoms with E-state index in [0.29, 0.717) is 12.1 Å². The van der Waals surface area contributed by atoms with Gasteiger partial charge in [-0.25, -0.2) is 0 Å². The third kappa shape index (κ3) is 8.59. The van der Waals surface area contributed by atoms with Crippen LogP contribution in [-0.2, 0) is 0 Å². The van der Waals surface area contributed by atoms with Crippen LogP contribution in [0.1, 0.15) is 87.0 Å². The molecule has 1 aromatic rings. The summed E-state index contributed by atoms with van der Waals surface area (Å²) in [6.07, 6.45) is 8.85. The average molecular weight is 491 g/mol. The van der Waals surface area contributed by atoms with Gasteiger partial charge in [0.05, 0.1) is 0 Å². The van der Waals surface area contributed by atoms with Gasteiger partial charge in [-0.1, -0.05) is 12.1 Å². The van der Waals surface area contributed by atoms with Crippen LogP contribution in [0.2, 0.25) is 13.3 Å². The fraction of sp³-hybridized carbons (Fsp3) is 0.750. The zero-order valence-corrected chi connectivity index (χ0v) is 22.7. The van der Waals surface area contributed by atoms with Crippen LogP contribution in [0.25, 0.3) is 0 Å². The topological polar surface area (TPSA) is 6.48 Å². The van der Waals surface area contributed by atoms with Crippen molar-refractivity contribution in [2.75, 3.05) is 9.62 Å². The summed E-state index contributed by atoms with van der Waals surface area (Å²) >= 11 is -0.839. The van der Waals surface area contributed by atoms with Crippen LogP contribution in [0.15, 0.2) is 24.3 Å². The Hall–Kier alpha value is -0.316. The Morgan fingerprint density at radius 3 is 1.36 bits per heavy atom. The Morgan fingerprint density at radius 2 is 1.07 bits per heavy atom. The normalized spacial score (nSPS) is 13.1. The van der Waals surface area contributed by atoms with Gasteiger partial charge < -0.3 is 9.62 Å². The van der Waals surface area contributed by atoms with Gasteiger partial charge in [-0.2, -0.15) is 0 Å². The minimum absolute atomic E-state index is 0.509. The minimum atomic E-state index is -0.839. The molecule has 0 saturated carbocycles. The number of para-hydroxylation sites is 2. The van der Waals surface area contributed by atoms with E-state index in [4.69, 9.17) is 0 Å². The molecule has 1 aromatic carbocycles. The molecule has 158 valence electrons. The second-order valence-corrected chi connectivity index (χ2v) is 17.2. The first kappa shape index (κ1) is 25.7. The molecule has 0 aromatic heterocycles. The molecule has 0 spiro atoms. The molecule has 0 saturated heterocycles. The van der Waals surface area contributed by atoms with E-state index in [1.807, 2.05) is 0 Å². The second kappa shape index (κ2) is 14.6. The Labute approximate surface area is 184 Å². The van der Waals surface area contributed by atoms with Crippen molar-refractivity contribution in [1.82, 2.24) is 0 Å². The number of fused-ring (bicyclic) bond motifs is 1. The summed E-state index contributed by atoms with van der Waals surface area (Å²) < 4.78 is 5.04. The van der Waals surface area contributed by atoms with E-state index in [-0.39, 0.29) is 0 Å². The number of nitrogens with zero attached hydrogens (tertiary/aromatic N) is 2. The molecular formula is C24H45BN2Sn. The molecule has 0 N–H and O–H groups in total. The summed E-state index contributed by atoms with van der Waals surface area (Å²) in [5.41, 5.74) is 2.64. The molecule has 0 amide bonds. The Kier molecular flexibility index (Phi) is 13.4. The quantitative estimate of drug-likeness (QED) is 0.295. The molecular weight excluding hydrogens is 446 g/mol. The zero-order chi connectivity index (χ0) is 20.9. The molecule has 0 bridgehead atoms. The molecule has 1 aliphatic heterocycles. The van der Waals surface area contributed by atoms with Gasteiger partial charge in [-0.15, -0.1) is 0 Å². The van der Waals surface area contributed by atoms with Gasteiger partial charge in [0, 0.05) is 23.5 Å². The maximum atomic E-state index is 2.33. The van der Waals surface area contributed by atoms with Gasteiger partial charge in [-0.05, 0) is 39.8 Å². The van der Waals surface area contributed by atoms with Crippen molar-refractivity contribution in [3.63, 3.8) is 0 Å². The van der Waals surface area contributed by atoms with Crippen molar-refractivity contribution in [3.05, 3.63) is 24.3 Å². The molecule has 0 fully saturated rings. The van der Waals surface area contributed by atoms with E-state index < -0.39 is 19.8 Å². The van der Waals surface area contributed by atoms with Crippen molar-refractivity contribution in [3.8, 4) is 0 Å². The van der Waals surface area contributed by atoms with E-state index in [1.165, 1.54) is 49.9 Å². The first-order valence-corrected chi connectivity index (χ1v) is 17.9. The monoisotopic (exact) mass is 492 g/mol. The Morgan fingerprint density at radius 1 is 0.714 bits per heavy atom. The van der Waals surface area contributed by atoms with Crippen molar-refractivity contribution < 1.29 is 0 Å². The van der Waals surface area contributed by atoms with Gasteiger partial charge in [-0.3, -0.25) is 0 Å². The van der Waals surface area contributed by atoms with Crippen LogP contribution in [0.5, 0.6) is 0 Å². The predicted octanol–water partition coefficient (Wildman–Crippen LogP) is 7.55. The first-order chi connectivity index (χ1) is 13.5. The van der Waals surface area contributed by atoms with Crippen LogP contribution in [0, 0.1) is 0 Å². The van der Waals surface area contributed by atoms with E-state index in [1.54, 1.807) is 13.3 Å². The number of benzene rings is 1.